The number of benzene rings is 1. The third-order valence-electron chi connectivity index (χ3n) is 4.81. The molecule has 160 valence electrons. The number of unbranched alkanes of at least 4 members (excludes halogenated alkanes) is 6. The second-order valence-corrected chi connectivity index (χ2v) is 7.05. The molecule has 0 saturated carbocycles. The first-order valence-electron chi connectivity index (χ1n) is 10.4. The van der Waals surface area contributed by atoms with E-state index in [1.165, 1.54) is 44.9 Å². The number of piperazine rings is 1. The Bertz CT molecular complexity index is 494. The Labute approximate surface area is 170 Å². The van der Waals surface area contributed by atoms with Gasteiger partial charge in [0.1, 0.15) is 6.79 Å². The standard InChI is InChI=1S/C12H17N3O2.C9H20.CH2O/c1-14-6-8-15(9-7-14)11-4-2-10(3-5-11)12(16)13-17;1-3-5-7-9-8-6-4-2;1-2/h2-5,17H,6-9H2,1H3,(H,13,16);3-9H2,1-2H3;1H2. The van der Waals surface area contributed by atoms with Crippen molar-refractivity contribution < 1.29 is 14.8 Å². The van der Waals surface area contributed by atoms with Crippen LogP contribution in [0.4, 0.5) is 5.69 Å². The normalized spacial score (nSPS) is 13.6. The molecule has 0 unspecified atom stereocenters. The predicted octanol–water partition coefficient (Wildman–Crippen LogP) is 4.13. The van der Waals surface area contributed by atoms with Crippen molar-refractivity contribution in [2.45, 2.75) is 58.8 Å². The molecule has 0 atom stereocenters. The number of hydrogen-bond donors (Lipinski definition) is 2. The number of likely N-dealkylation sites (N-methyl/N-ethyl adjacent to an activating group) is 1. The fourth-order valence-electron chi connectivity index (χ4n) is 2.98. The van der Waals surface area contributed by atoms with Gasteiger partial charge in [0.05, 0.1) is 0 Å². The minimum Gasteiger partial charge on any atom is -0.369 e. The van der Waals surface area contributed by atoms with Crippen LogP contribution in [0.25, 0.3) is 0 Å². The number of nitrogens with zero attached hydrogens (tertiary/aromatic N) is 2. The highest BCUT2D eigenvalue weighted by Crippen LogP contribution is 2.16. The number of hydroxylamine groups is 1. The second-order valence-electron chi connectivity index (χ2n) is 7.05. The lowest BCUT2D eigenvalue weighted by atomic mass is 10.1. The summed E-state index contributed by atoms with van der Waals surface area (Å²) in [5.74, 6) is -0.477. The van der Waals surface area contributed by atoms with Crippen molar-refractivity contribution in [2.75, 3.05) is 38.1 Å². The molecule has 0 aliphatic carbocycles. The Morgan fingerprint density at radius 1 is 0.929 bits per heavy atom. The van der Waals surface area contributed by atoms with Gasteiger partial charge in [-0.1, -0.05) is 58.8 Å². The van der Waals surface area contributed by atoms with Crippen LogP contribution in [0.5, 0.6) is 0 Å². The van der Waals surface area contributed by atoms with E-state index < -0.39 is 5.91 Å². The van der Waals surface area contributed by atoms with Crippen LogP contribution in [0.15, 0.2) is 24.3 Å². The number of carbonyl (C=O) groups is 2. The molecule has 0 spiro atoms. The Hall–Kier alpha value is -1.92. The molecule has 1 heterocycles. The van der Waals surface area contributed by atoms with Gasteiger partial charge < -0.3 is 14.6 Å². The van der Waals surface area contributed by atoms with Gasteiger partial charge in [0.25, 0.3) is 5.91 Å². The van der Waals surface area contributed by atoms with Crippen molar-refractivity contribution >= 4 is 18.4 Å². The molecule has 0 bridgehead atoms. The van der Waals surface area contributed by atoms with E-state index in [0.29, 0.717) is 5.56 Å². The maximum Gasteiger partial charge on any atom is 0.274 e. The average molecular weight is 394 g/mol. The largest absolute Gasteiger partial charge is 0.369 e. The summed E-state index contributed by atoms with van der Waals surface area (Å²) in [6.45, 7) is 10.6. The van der Waals surface area contributed by atoms with E-state index in [0.717, 1.165) is 31.9 Å². The number of hydrogen-bond acceptors (Lipinski definition) is 5. The Balaban J connectivity index is 0.000000566. The molecule has 1 aromatic carbocycles. The highest BCUT2D eigenvalue weighted by molar-refractivity contribution is 5.93. The molecule has 1 fully saturated rings. The van der Waals surface area contributed by atoms with Gasteiger partial charge in [-0.2, -0.15) is 0 Å². The highest BCUT2D eigenvalue weighted by Gasteiger charge is 2.14. The van der Waals surface area contributed by atoms with Crippen LogP contribution in [0, 0.1) is 0 Å². The summed E-state index contributed by atoms with van der Waals surface area (Å²) < 4.78 is 0. The summed E-state index contributed by atoms with van der Waals surface area (Å²) in [4.78, 5) is 23.8. The minimum absolute atomic E-state index is 0.463. The lowest BCUT2D eigenvalue weighted by molar-refractivity contribution is -0.0980. The molecular weight excluding hydrogens is 354 g/mol. The van der Waals surface area contributed by atoms with E-state index >= 15 is 0 Å². The lowest BCUT2D eigenvalue weighted by Gasteiger charge is -2.34. The van der Waals surface area contributed by atoms with E-state index in [1.807, 2.05) is 18.9 Å². The molecule has 0 radical (unpaired) electrons. The maximum atomic E-state index is 11.2. The second kappa shape index (κ2) is 17.2. The number of anilines is 1. The van der Waals surface area contributed by atoms with Crippen molar-refractivity contribution in [3.63, 3.8) is 0 Å². The van der Waals surface area contributed by atoms with Crippen LogP contribution in [0.3, 0.4) is 0 Å². The van der Waals surface area contributed by atoms with E-state index in [2.05, 4.69) is 30.7 Å². The molecule has 6 heteroatoms. The van der Waals surface area contributed by atoms with E-state index in [-0.39, 0.29) is 0 Å². The summed E-state index contributed by atoms with van der Waals surface area (Å²) in [7, 11) is 2.12. The summed E-state index contributed by atoms with van der Waals surface area (Å²) in [5.41, 5.74) is 3.21. The van der Waals surface area contributed by atoms with Crippen molar-refractivity contribution in [3.05, 3.63) is 29.8 Å². The van der Waals surface area contributed by atoms with Gasteiger partial charge in [-0.15, -0.1) is 0 Å². The smallest absolute Gasteiger partial charge is 0.274 e. The van der Waals surface area contributed by atoms with Crippen LogP contribution in [-0.4, -0.2) is 56.0 Å². The fraction of sp³-hybridized carbons (Fsp3) is 0.636. The zero-order chi connectivity index (χ0) is 21.2. The van der Waals surface area contributed by atoms with Crippen LogP contribution >= 0.6 is 0 Å². The number of amides is 1. The maximum absolute atomic E-state index is 11.2. The van der Waals surface area contributed by atoms with Crippen molar-refractivity contribution in [3.8, 4) is 0 Å². The van der Waals surface area contributed by atoms with E-state index in [4.69, 9.17) is 10.0 Å². The quantitative estimate of drug-likeness (QED) is 0.395. The summed E-state index contributed by atoms with van der Waals surface area (Å²) in [5, 5.41) is 8.52. The van der Waals surface area contributed by atoms with Crippen LogP contribution < -0.4 is 10.4 Å². The van der Waals surface area contributed by atoms with Gasteiger partial charge in [0.15, 0.2) is 0 Å². The van der Waals surface area contributed by atoms with Crippen molar-refractivity contribution in [2.24, 2.45) is 0 Å². The summed E-state index contributed by atoms with van der Waals surface area (Å²) in [6.07, 6.45) is 9.97. The monoisotopic (exact) mass is 393 g/mol. The molecule has 1 aliphatic rings. The lowest BCUT2D eigenvalue weighted by Crippen LogP contribution is -2.44. The SMILES string of the molecule is C=O.CCCCCCCCC.CN1CCN(c2ccc(C(=O)NO)cc2)CC1. The molecule has 6 nitrogen and oxygen atoms in total. The van der Waals surface area contributed by atoms with Gasteiger partial charge in [-0.3, -0.25) is 10.0 Å². The highest BCUT2D eigenvalue weighted by atomic mass is 16.5. The molecule has 0 aromatic heterocycles. The molecule has 1 amide bonds. The molecule has 1 aromatic rings. The number of rotatable bonds is 8. The van der Waals surface area contributed by atoms with Gasteiger partial charge in [-0.05, 0) is 31.3 Å². The molecule has 2 N–H and O–H groups in total. The van der Waals surface area contributed by atoms with Crippen molar-refractivity contribution in [1.29, 1.82) is 0 Å². The predicted molar refractivity (Wildman–Crippen MR) is 116 cm³/mol. The zero-order valence-electron chi connectivity index (χ0n) is 18.0. The zero-order valence-corrected chi connectivity index (χ0v) is 18.0. The first-order chi connectivity index (χ1) is 13.6. The van der Waals surface area contributed by atoms with Crippen LogP contribution in [0.2, 0.25) is 0 Å². The van der Waals surface area contributed by atoms with Gasteiger partial charge in [-0.25, -0.2) is 5.48 Å². The molecule has 2 rings (SSSR count). The Morgan fingerprint density at radius 2 is 1.39 bits per heavy atom. The summed E-state index contributed by atoms with van der Waals surface area (Å²) >= 11 is 0. The van der Waals surface area contributed by atoms with E-state index in [9.17, 15) is 4.79 Å². The number of nitrogens with one attached hydrogen (secondary N) is 1. The Morgan fingerprint density at radius 3 is 1.82 bits per heavy atom. The molecular formula is C22H39N3O3. The fourth-order valence-corrected chi connectivity index (χ4v) is 2.98. The average Bonchev–Trinajstić information content (AvgIpc) is 2.76. The van der Waals surface area contributed by atoms with Gasteiger partial charge in [0.2, 0.25) is 0 Å². The van der Waals surface area contributed by atoms with Crippen molar-refractivity contribution in [1.82, 2.24) is 10.4 Å². The van der Waals surface area contributed by atoms with Crippen LogP contribution in [0.1, 0.15) is 69.2 Å². The number of carbonyl (C=O) groups excluding carboxylic acids is 2. The van der Waals surface area contributed by atoms with Crippen LogP contribution in [-0.2, 0) is 4.79 Å². The Kier molecular flexibility index (Phi) is 16.0. The molecule has 1 saturated heterocycles. The third kappa shape index (κ3) is 11.0. The molecule has 28 heavy (non-hydrogen) atoms. The first-order valence-corrected chi connectivity index (χ1v) is 10.4. The van der Waals surface area contributed by atoms with Gasteiger partial charge in [0, 0.05) is 37.4 Å². The topological polar surface area (TPSA) is 72.9 Å². The minimum atomic E-state index is -0.477. The first kappa shape index (κ1) is 26.1. The van der Waals surface area contributed by atoms with E-state index in [1.54, 1.807) is 17.6 Å². The third-order valence-corrected chi connectivity index (χ3v) is 4.81. The van der Waals surface area contributed by atoms with Gasteiger partial charge >= 0.3 is 0 Å². The molecule has 1 aliphatic heterocycles. The summed E-state index contributed by atoms with van der Waals surface area (Å²) in [6, 6.07) is 7.27.